The van der Waals surface area contributed by atoms with E-state index in [2.05, 4.69) is 9.44 Å². The fourth-order valence-corrected chi connectivity index (χ4v) is 7.45. The zero-order valence-electron chi connectivity index (χ0n) is 23.3. The molecule has 226 valence electrons. The van der Waals surface area contributed by atoms with Crippen molar-refractivity contribution in [3.63, 3.8) is 0 Å². The number of Topliss-reactive ketones (excluding diaryl/α,β-unsaturated/α-hetero) is 1. The van der Waals surface area contributed by atoms with Crippen LogP contribution >= 0.6 is 0 Å². The van der Waals surface area contributed by atoms with Crippen LogP contribution in [0.3, 0.4) is 0 Å². The number of anilines is 1. The van der Waals surface area contributed by atoms with Gasteiger partial charge in [0.1, 0.15) is 0 Å². The Morgan fingerprint density at radius 1 is 0.860 bits per heavy atom. The van der Waals surface area contributed by atoms with Crippen LogP contribution in [0.15, 0.2) is 106 Å². The van der Waals surface area contributed by atoms with E-state index in [0.29, 0.717) is 12.0 Å². The minimum absolute atomic E-state index is 0.0578. The highest BCUT2D eigenvalue weighted by atomic mass is 32.2. The molecule has 0 amide bonds. The molecule has 1 heterocycles. The molecule has 1 saturated carbocycles. The maximum absolute atomic E-state index is 13.4. The predicted octanol–water partition coefficient (Wildman–Crippen LogP) is 4.29. The monoisotopic (exact) mass is 624 g/mol. The number of hydrogen-bond donors (Lipinski definition) is 3. The first-order chi connectivity index (χ1) is 20.5. The second-order valence-electron chi connectivity index (χ2n) is 10.6. The molecule has 0 saturated heterocycles. The van der Waals surface area contributed by atoms with E-state index in [1.54, 1.807) is 67.6 Å². The van der Waals surface area contributed by atoms with Crippen molar-refractivity contribution in [1.82, 2.24) is 4.72 Å². The number of ether oxygens (including phenoxy) is 1. The van der Waals surface area contributed by atoms with Crippen molar-refractivity contribution in [2.75, 3.05) is 11.3 Å². The highest BCUT2D eigenvalue weighted by Gasteiger charge is 2.47. The molecule has 3 aromatic rings. The maximum Gasteiger partial charge on any atom is 0.339 e. The number of cyclic esters (lactones) is 1. The van der Waals surface area contributed by atoms with Crippen LogP contribution in [0.25, 0.3) is 0 Å². The smallest absolute Gasteiger partial charge is 0.339 e. The third kappa shape index (κ3) is 6.66. The van der Waals surface area contributed by atoms with E-state index in [0.717, 1.165) is 12.8 Å². The number of aliphatic hydroxyl groups is 1. The molecule has 0 radical (unpaired) electrons. The Morgan fingerprint density at radius 2 is 1.47 bits per heavy atom. The minimum atomic E-state index is -3.88. The van der Waals surface area contributed by atoms with Crippen molar-refractivity contribution >= 4 is 37.5 Å². The first-order valence-electron chi connectivity index (χ1n) is 13.9. The van der Waals surface area contributed by atoms with E-state index in [1.807, 2.05) is 0 Å². The number of nitrogens with one attached hydrogen (secondary N) is 2. The number of benzene rings is 3. The molecule has 1 aliphatic heterocycles. The van der Waals surface area contributed by atoms with Gasteiger partial charge in [0.15, 0.2) is 11.9 Å². The molecule has 3 atom stereocenters. The van der Waals surface area contributed by atoms with E-state index in [4.69, 9.17) is 4.74 Å². The molecule has 10 nitrogen and oxygen atoms in total. The van der Waals surface area contributed by atoms with Gasteiger partial charge in [0.25, 0.3) is 10.0 Å². The van der Waals surface area contributed by atoms with E-state index >= 15 is 0 Å². The summed E-state index contributed by atoms with van der Waals surface area (Å²) in [4.78, 5) is 27.0. The third-order valence-electron chi connectivity index (χ3n) is 7.70. The average Bonchev–Trinajstić information content (AvgIpc) is 3.84. The molecule has 5 rings (SSSR count). The standard InChI is InChI=1S/C31H32N2O8S2/c1-2-20(19-32-42(37,38)24-12-5-3-6-13-24)30-29(35)28(34)27(31(36)41-30)26(21-16-17-21)22-10-9-11-23(18-22)33-43(39,40)25-14-7-4-8-15-25/h3-15,18,20-21,26,30,32-34H,2,16-17,19H2,1H3. The van der Waals surface area contributed by atoms with Gasteiger partial charge in [-0.2, -0.15) is 0 Å². The first kappa shape index (κ1) is 30.5. The van der Waals surface area contributed by atoms with Crippen LogP contribution < -0.4 is 9.44 Å². The van der Waals surface area contributed by atoms with E-state index in [9.17, 15) is 31.5 Å². The van der Waals surface area contributed by atoms with Gasteiger partial charge in [-0.1, -0.05) is 55.5 Å². The van der Waals surface area contributed by atoms with Gasteiger partial charge in [-0.05, 0) is 67.1 Å². The van der Waals surface area contributed by atoms with Crippen molar-refractivity contribution in [3.05, 3.63) is 102 Å². The van der Waals surface area contributed by atoms with Crippen LogP contribution in [-0.2, 0) is 34.4 Å². The molecule has 1 aliphatic carbocycles. The Kier molecular flexibility index (Phi) is 8.72. The van der Waals surface area contributed by atoms with E-state index < -0.39 is 55.5 Å². The van der Waals surface area contributed by atoms with Crippen molar-refractivity contribution in [2.24, 2.45) is 11.8 Å². The molecule has 2 aliphatic rings. The van der Waals surface area contributed by atoms with Crippen LogP contribution in [0.4, 0.5) is 5.69 Å². The van der Waals surface area contributed by atoms with Gasteiger partial charge in [-0.25, -0.2) is 26.4 Å². The van der Waals surface area contributed by atoms with Crippen LogP contribution in [0, 0.1) is 11.8 Å². The number of esters is 1. The number of hydrogen-bond acceptors (Lipinski definition) is 8. The Bertz CT molecular complexity index is 1750. The molecule has 3 unspecified atom stereocenters. The average molecular weight is 625 g/mol. The molecule has 1 fully saturated rings. The second-order valence-corrected chi connectivity index (χ2v) is 14.1. The van der Waals surface area contributed by atoms with Crippen molar-refractivity contribution in [2.45, 2.75) is 48.0 Å². The van der Waals surface area contributed by atoms with Crippen LogP contribution in [0.5, 0.6) is 0 Å². The van der Waals surface area contributed by atoms with E-state index in [1.165, 1.54) is 24.3 Å². The number of rotatable bonds is 12. The summed E-state index contributed by atoms with van der Waals surface area (Å²) < 4.78 is 61.8. The largest absolute Gasteiger partial charge is 0.504 e. The van der Waals surface area contributed by atoms with Crippen molar-refractivity contribution in [1.29, 1.82) is 0 Å². The van der Waals surface area contributed by atoms with Crippen molar-refractivity contribution in [3.8, 4) is 0 Å². The fraction of sp³-hybridized carbons (Fsp3) is 0.290. The summed E-state index contributed by atoms with van der Waals surface area (Å²) in [6.45, 7) is 1.55. The number of aliphatic hydroxyl groups excluding tert-OH is 1. The molecule has 3 aromatic carbocycles. The quantitative estimate of drug-likeness (QED) is 0.252. The van der Waals surface area contributed by atoms with Crippen molar-refractivity contribution < 1.29 is 36.3 Å². The van der Waals surface area contributed by atoms with Gasteiger partial charge in [0.2, 0.25) is 15.8 Å². The third-order valence-corrected chi connectivity index (χ3v) is 10.5. The summed E-state index contributed by atoms with van der Waals surface area (Å²) in [6, 6.07) is 22.1. The van der Waals surface area contributed by atoms with Crippen LogP contribution in [0.2, 0.25) is 0 Å². The van der Waals surface area contributed by atoms with E-state index in [-0.39, 0.29) is 33.5 Å². The number of carbonyl (C=O) groups is 2. The zero-order valence-corrected chi connectivity index (χ0v) is 25.0. The van der Waals surface area contributed by atoms with Crippen LogP contribution in [-0.4, -0.2) is 46.3 Å². The second kappa shape index (κ2) is 12.3. The summed E-state index contributed by atoms with van der Waals surface area (Å²) in [5.74, 6) is -3.86. The Hall–Kier alpha value is -4.00. The molecular formula is C31H32N2O8S2. The molecule has 12 heteroatoms. The minimum Gasteiger partial charge on any atom is -0.504 e. The lowest BCUT2D eigenvalue weighted by Gasteiger charge is -2.31. The fourth-order valence-electron chi connectivity index (χ4n) is 5.26. The molecule has 43 heavy (non-hydrogen) atoms. The summed E-state index contributed by atoms with van der Waals surface area (Å²) in [5.41, 5.74) is 0.631. The lowest BCUT2D eigenvalue weighted by atomic mass is 9.82. The first-order valence-corrected chi connectivity index (χ1v) is 16.9. The molecular weight excluding hydrogens is 592 g/mol. The molecule has 0 spiro atoms. The van der Waals surface area contributed by atoms with Gasteiger partial charge in [0, 0.05) is 24.1 Å². The summed E-state index contributed by atoms with van der Waals surface area (Å²) >= 11 is 0. The highest BCUT2D eigenvalue weighted by Crippen LogP contribution is 2.49. The van der Waals surface area contributed by atoms with Gasteiger partial charge in [-0.3, -0.25) is 9.52 Å². The topological polar surface area (TPSA) is 156 Å². The lowest BCUT2D eigenvalue weighted by molar-refractivity contribution is -0.158. The van der Waals surface area contributed by atoms with Gasteiger partial charge < -0.3 is 9.84 Å². The molecule has 3 N–H and O–H groups in total. The number of ketones is 1. The summed E-state index contributed by atoms with van der Waals surface area (Å²) in [6.07, 6.45) is 0.402. The Balaban J connectivity index is 1.39. The van der Waals surface area contributed by atoms with Gasteiger partial charge in [0.05, 0.1) is 15.4 Å². The Labute approximate surface area is 250 Å². The highest BCUT2D eigenvalue weighted by molar-refractivity contribution is 7.92. The number of sulfonamides is 2. The number of carbonyl (C=O) groups excluding carboxylic acids is 2. The summed E-state index contributed by atoms with van der Waals surface area (Å²) in [5, 5.41) is 11.1. The normalized spacial score (nSPS) is 19.0. The predicted molar refractivity (Wildman–Crippen MR) is 159 cm³/mol. The Morgan fingerprint density at radius 3 is 2.05 bits per heavy atom. The maximum atomic E-state index is 13.4. The SMILES string of the molecule is CCC(CNS(=O)(=O)c1ccccc1)C1OC(=O)C(C(c2cccc(NS(=O)(=O)c3ccccc3)c2)C2CC2)=C(O)C1=O. The summed E-state index contributed by atoms with van der Waals surface area (Å²) in [7, 11) is -7.75. The van der Waals surface area contributed by atoms with Crippen LogP contribution in [0.1, 0.15) is 37.7 Å². The van der Waals surface area contributed by atoms with Gasteiger partial charge >= 0.3 is 5.97 Å². The molecule has 0 aromatic heterocycles. The van der Waals surface area contributed by atoms with Gasteiger partial charge in [-0.15, -0.1) is 0 Å². The zero-order chi connectivity index (χ0) is 30.8. The molecule has 0 bridgehead atoms. The lowest BCUT2D eigenvalue weighted by Crippen LogP contribution is -2.45.